The maximum atomic E-state index is 12.7. The predicted octanol–water partition coefficient (Wildman–Crippen LogP) is 3.21. The third-order valence-electron chi connectivity index (χ3n) is 2.86. The molecule has 0 unspecified atom stereocenters. The lowest BCUT2D eigenvalue weighted by molar-refractivity contribution is -0.137. The number of carbonyl (C=O) groups is 1. The summed E-state index contributed by atoms with van der Waals surface area (Å²) in [6.45, 7) is 0. The maximum Gasteiger partial charge on any atom is 0.416 e. The van der Waals surface area contributed by atoms with Gasteiger partial charge in [0.15, 0.2) is 5.96 Å². The van der Waals surface area contributed by atoms with Gasteiger partial charge in [-0.25, -0.2) is 0 Å². The number of nitrogens with two attached hydrogens (primary N) is 2. The van der Waals surface area contributed by atoms with Gasteiger partial charge in [0.1, 0.15) is 0 Å². The maximum absolute atomic E-state index is 12.7. The average molecular weight is 344 g/mol. The lowest BCUT2D eigenvalue weighted by Gasteiger charge is -2.09. The lowest BCUT2D eigenvalue weighted by atomic mass is 10.0. The summed E-state index contributed by atoms with van der Waals surface area (Å²) in [6.07, 6.45) is -4.43. The summed E-state index contributed by atoms with van der Waals surface area (Å²) in [5.41, 5.74) is 10.5. The fourth-order valence-corrected chi connectivity index (χ4v) is 1.89. The Labute approximate surface area is 136 Å². The molecule has 0 fully saturated rings. The summed E-state index contributed by atoms with van der Waals surface area (Å²) in [5.74, 6) is -1.04. The highest BCUT2D eigenvalue weighted by atomic mass is 35.5. The van der Waals surface area contributed by atoms with Crippen molar-refractivity contribution >= 4 is 24.3 Å². The second-order valence-electron chi connectivity index (χ2n) is 4.50. The molecule has 0 saturated carbocycles. The molecule has 0 spiro atoms. The first-order chi connectivity index (χ1) is 10.3. The van der Waals surface area contributed by atoms with Crippen LogP contribution in [0.5, 0.6) is 0 Å². The van der Waals surface area contributed by atoms with Crippen molar-refractivity contribution in [3.8, 4) is 11.1 Å². The van der Waals surface area contributed by atoms with E-state index < -0.39 is 17.6 Å². The molecule has 0 atom stereocenters. The van der Waals surface area contributed by atoms with Gasteiger partial charge in [-0.15, -0.1) is 12.4 Å². The summed E-state index contributed by atoms with van der Waals surface area (Å²) in [6, 6.07) is 10.9. The van der Waals surface area contributed by atoms with Gasteiger partial charge in [-0.05, 0) is 35.4 Å². The van der Waals surface area contributed by atoms with Gasteiger partial charge in [0.25, 0.3) is 5.91 Å². The van der Waals surface area contributed by atoms with Crippen LogP contribution in [0.15, 0.2) is 53.5 Å². The topological polar surface area (TPSA) is 81.5 Å². The average Bonchev–Trinajstić information content (AvgIpc) is 2.46. The van der Waals surface area contributed by atoms with Crippen LogP contribution in [0.4, 0.5) is 13.2 Å². The van der Waals surface area contributed by atoms with Gasteiger partial charge in [0, 0.05) is 5.56 Å². The van der Waals surface area contributed by atoms with Gasteiger partial charge >= 0.3 is 6.18 Å². The van der Waals surface area contributed by atoms with Gasteiger partial charge < -0.3 is 11.5 Å². The van der Waals surface area contributed by atoms with Crippen molar-refractivity contribution in [1.29, 1.82) is 0 Å². The van der Waals surface area contributed by atoms with E-state index in [1.54, 1.807) is 12.1 Å². The molecule has 0 radical (unpaired) electrons. The van der Waals surface area contributed by atoms with Crippen LogP contribution in [-0.4, -0.2) is 11.9 Å². The summed E-state index contributed by atoms with van der Waals surface area (Å²) >= 11 is 0. The van der Waals surface area contributed by atoms with Crippen molar-refractivity contribution in [2.45, 2.75) is 6.18 Å². The smallest absolute Gasteiger partial charge is 0.370 e. The van der Waals surface area contributed by atoms with Gasteiger partial charge in [-0.2, -0.15) is 18.2 Å². The van der Waals surface area contributed by atoms with E-state index in [-0.39, 0.29) is 23.9 Å². The van der Waals surface area contributed by atoms with Crippen LogP contribution in [-0.2, 0) is 6.18 Å². The number of alkyl halides is 3. The highest BCUT2D eigenvalue weighted by molar-refractivity contribution is 6.02. The van der Waals surface area contributed by atoms with E-state index in [0.717, 1.165) is 12.1 Å². The van der Waals surface area contributed by atoms with E-state index in [0.29, 0.717) is 11.1 Å². The number of hydrogen-bond donors (Lipinski definition) is 2. The van der Waals surface area contributed by atoms with Crippen molar-refractivity contribution in [1.82, 2.24) is 0 Å². The lowest BCUT2D eigenvalue weighted by Crippen LogP contribution is -2.24. The fraction of sp³-hybridized carbons (Fsp3) is 0.0667. The van der Waals surface area contributed by atoms with Crippen molar-refractivity contribution in [2.24, 2.45) is 16.5 Å². The molecule has 0 aromatic heterocycles. The number of rotatable bonds is 2. The summed E-state index contributed by atoms with van der Waals surface area (Å²) in [4.78, 5) is 15.1. The normalized spacial score (nSPS) is 10.6. The highest BCUT2D eigenvalue weighted by Crippen LogP contribution is 2.32. The first-order valence-corrected chi connectivity index (χ1v) is 6.19. The largest absolute Gasteiger partial charge is 0.416 e. The standard InChI is InChI=1S/C15H12F3N3O.ClH/c16-15(17,18)12-6-2-4-10(8-12)9-3-1-5-11(7-9)13(22)21-14(19)20;/h1-8H,(H4,19,20,21,22);1H. The van der Waals surface area contributed by atoms with Crippen LogP contribution >= 0.6 is 12.4 Å². The van der Waals surface area contributed by atoms with Crippen LogP contribution in [0.1, 0.15) is 15.9 Å². The molecule has 2 aromatic carbocycles. The Morgan fingerprint density at radius 3 is 2.09 bits per heavy atom. The molecule has 8 heteroatoms. The number of halogens is 4. The van der Waals surface area contributed by atoms with E-state index in [2.05, 4.69) is 4.99 Å². The molecular formula is C15H13ClF3N3O. The Balaban J connectivity index is 0.00000264. The Hall–Kier alpha value is -2.54. The minimum Gasteiger partial charge on any atom is -0.370 e. The number of nitrogens with zero attached hydrogens (tertiary/aromatic N) is 1. The van der Waals surface area contributed by atoms with Crippen LogP contribution in [0, 0.1) is 0 Å². The molecule has 0 bridgehead atoms. The molecule has 122 valence electrons. The zero-order valence-electron chi connectivity index (χ0n) is 11.7. The van der Waals surface area contributed by atoms with E-state index in [9.17, 15) is 18.0 Å². The Bertz CT molecular complexity index is 741. The van der Waals surface area contributed by atoms with Gasteiger partial charge in [0.05, 0.1) is 5.56 Å². The molecule has 0 aliphatic carbocycles. The number of benzene rings is 2. The predicted molar refractivity (Wildman–Crippen MR) is 84.3 cm³/mol. The second kappa shape index (κ2) is 7.15. The Kier molecular flexibility index (Phi) is 5.75. The molecule has 0 saturated heterocycles. The summed E-state index contributed by atoms with van der Waals surface area (Å²) in [7, 11) is 0. The zero-order valence-corrected chi connectivity index (χ0v) is 12.5. The molecule has 1 amide bonds. The van der Waals surface area contributed by atoms with Crippen molar-refractivity contribution in [2.75, 3.05) is 0 Å². The third-order valence-corrected chi connectivity index (χ3v) is 2.86. The first-order valence-electron chi connectivity index (χ1n) is 6.19. The highest BCUT2D eigenvalue weighted by Gasteiger charge is 2.30. The van der Waals surface area contributed by atoms with Gasteiger partial charge in [0.2, 0.25) is 0 Å². The monoisotopic (exact) mass is 343 g/mol. The molecule has 23 heavy (non-hydrogen) atoms. The molecule has 0 heterocycles. The van der Waals surface area contributed by atoms with E-state index in [1.165, 1.54) is 24.3 Å². The molecule has 2 aromatic rings. The van der Waals surface area contributed by atoms with Crippen molar-refractivity contribution < 1.29 is 18.0 Å². The van der Waals surface area contributed by atoms with E-state index in [4.69, 9.17) is 11.5 Å². The van der Waals surface area contributed by atoms with Crippen LogP contribution < -0.4 is 11.5 Å². The number of aliphatic imine (C=N–C) groups is 1. The van der Waals surface area contributed by atoms with Crippen molar-refractivity contribution in [3.63, 3.8) is 0 Å². The van der Waals surface area contributed by atoms with Gasteiger partial charge in [-0.3, -0.25) is 4.79 Å². The molecule has 0 aliphatic heterocycles. The quantitative estimate of drug-likeness (QED) is 0.649. The van der Waals surface area contributed by atoms with Gasteiger partial charge in [-0.1, -0.05) is 24.3 Å². The summed E-state index contributed by atoms with van der Waals surface area (Å²) in [5, 5.41) is 0. The molecule has 4 N–H and O–H groups in total. The minimum absolute atomic E-state index is 0. The Morgan fingerprint density at radius 2 is 1.52 bits per heavy atom. The molecular weight excluding hydrogens is 331 g/mol. The first kappa shape index (κ1) is 18.5. The fourth-order valence-electron chi connectivity index (χ4n) is 1.89. The number of hydrogen-bond acceptors (Lipinski definition) is 1. The number of amides is 1. The molecule has 4 nitrogen and oxygen atoms in total. The third kappa shape index (κ3) is 4.72. The SMILES string of the molecule is Cl.NC(N)=NC(=O)c1cccc(-c2cccc(C(F)(F)F)c2)c1. The minimum atomic E-state index is -4.43. The molecule has 2 rings (SSSR count). The second-order valence-corrected chi connectivity index (χ2v) is 4.50. The number of carbonyl (C=O) groups excluding carboxylic acids is 1. The Morgan fingerprint density at radius 1 is 0.957 bits per heavy atom. The van der Waals surface area contributed by atoms with E-state index >= 15 is 0 Å². The van der Waals surface area contributed by atoms with Crippen LogP contribution in [0.2, 0.25) is 0 Å². The van der Waals surface area contributed by atoms with E-state index in [1.807, 2.05) is 0 Å². The van der Waals surface area contributed by atoms with Crippen molar-refractivity contribution in [3.05, 3.63) is 59.7 Å². The molecule has 0 aliphatic rings. The van der Waals surface area contributed by atoms with Crippen LogP contribution in [0.3, 0.4) is 0 Å². The summed E-state index contributed by atoms with van der Waals surface area (Å²) < 4.78 is 38.2. The zero-order chi connectivity index (χ0) is 16.3. The number of guanidine groups is 1. The van der Waals surface area contributed by atoms with Crippen LogP contribution in [0.25, 0.3) is 11.1 Å².